The van der Waals surface area contributed by atoms with Gasteiger partial charge in [-0.3, -0.25) is 4.79 Å². The summed E-state index contributed by atoms with van der Waals surface area (Å²) in [6.45, 7) is 10.9. The molecule has 1 aliphatic rings. The molecule has 140 valence electrons. The van der Waals surface area contributed by atoms with Crippen LogP contribution in [-0.2, 0) is 12.8 Å². The zero-order chi connectivity index (χ0) is 19.1. The Morgan fingerprint density at radius 3 is 2.28 bits per heavy atom. The van der Waals surface area contributed by atoms with E-state index >= 15 is 0 Å². The average molecular weight is 350 g/mol. The van der Waals surface area contributed by atoms with Crippen molar-refractivity contribution in [1.29, 1.82) is 0 Å². The largest absolute Gasteiger partial charge is 0.507 e. The van der Waals surface area contributed by atoms with Gasteiger partial charge in [-0.2, -0.15) is 0 Å². The lowest BCUT2D eigenvalue weighted by Gasteiger charge is -2.25. The van der Waals surface area contributed by atoms with Crippen LogP contribution in [0.1, 0.15) is 69.4 Å². The minimum Gasteiger partial charge on any atom is -0.507 e. The second-order valence-corrected chi connectivity index (χ2v) is 8.27. The van der Waals surface area contributed by atoms with Crippen molar-refractivity contribution in [1.82, 2.24) is 0 Å². The van der Waals surface area contributed by atoms with Crippen LogP contribution >= 0.6 is 0 Å². The molecule has 25 heavy (non-hydrogen) atoms. The zero-order valence-electron chi connectivity index (χ0n) is 16.0. The molecule has 1 unspecified atom stereocenters. The zero-order valence-corrected chi connectivity index (χ0v) is 16.0. The van der Waals surface area contributed by atoms with E-state index in [2.05, 4.69) is 13.8 Å². The monoisotopic (exact) mass is 350 g/mol. The van der Waals surface area contributed by atoms with Gasteiger partial charge in [0.1, 0.15) is 28.9 Å². The van der Waals surface area contributed by atoms with E-state index in [0.29, 0.717) is 29.9 Å². The second kappa shape index (κ2) is 6.87. The van der Waals surface area contributed by atoms with Crippen molar-refractivity contribution in [2.24, 2.45) is 11.8 Å². The molecule has 0 fully saturated rings. The maximum Gasteiger partial charge on any atom is 0.172 e. The number of fused-ring (bicyclic) bond motifs is 1. The van der Waals surface area contributed by atoms with E-state index in [9.17, 15) is 20.1 Å². The predicted molar refractivity (Wildman–Crippen MR) is 96.5 cm³/mol. The van der Waals surface area contributed by atoms with Crippen LogP contribution in [0.3, 0.4) is 0 Å². The number of hydrogen-bond donors (Lipinski definition) is 3. The lowest BCUT2D eigenvalue weighted by atomic mass is 9.89. The topological polar surface area (TPSA) is 87.0 Å². The molecule has 5 heteroatoms. The summed E-state index contributed by atoms with van der Waals surface area (Å²) in [7, 11) is 0. The first-order chi connectivity index (χ1) is 11.4. The van der Waals surface area contributed by atoms with Crippen LogP contribution in [0.5, 0.6) is 17.2 Å². The van der Waals surface area contributed by atoms with Gasteiger partial charge in [-0.15, -0.1) is 0 Å². The molecule has 0 saturated carbocycles. The highest BCUT2D eigenvalue weighted by molar-refractivity contribution is 6.04. The van der Waals surface area contributed by atoms with E-state index in [1.807, 2.05) is 0 Å². The molecule has 1 aromatic carbocycles. The van der Waals surface area contributed by atoms with E-state index in [0.717, 1.165) is 6.42 Å². The number of benzene rings is 1. The molecule has 2 rings (SSSR count). The van der Waals surface area contributed by atoms with Crippen LogP contribution in [0.25, 0.3) is 0 Å². The van der Waals surface area contributed by atoms with E-state index in [-0.39, 0.29) is 34.5 Å². The third kappa shape index (κ3) is 3.76. The number of carbonyl (C=O) groups is 1. The van der Waals surface area contributed by atoms with Gasteiger partial charge in [0.25, 0.3) is 0 Å². The van der Waals surface area contributed by atoms with Gasteiger partial charge in [0.15, 0.2) is 5.78 Å². The van der Waals surface area contributed by atoms with E-state index in [4.69, 9.17) is 4.74 Å². The number of Topliss-reactive ketones (excluding diaryl/α,β-unsaturated/α-hetero) is 1. The highest BCUT2D eigenvalue weighted by Crippen LogP contribution is 2.49. The third-order valence-electron chi connectivity index (χ3n) is 4.78. The molecule has 0 aliphatic carbocycles. The molecule has 1 aromatic rings. The Kier molecular flexibility index (Phi) is 5.38. The number of phenolic OH excluding ortho intramolecular Hbond substituents is 2. The molecule has 0 bridgehead atoms. The molecule has 0 radical (unpaired) electrons. The number of ketones is 1. The van der Waals surface area contributed by atoms with E-state index < -0.39 is 11.7 Å². The van der Waals surface area contributed by atoms with Gasteiger partial charge in [0.05, 0.1) is 5.60 Å². The minimum absolute atomic E-state index is 0.0137. The summed E-state index contributed by atoms with van der Waals surface area (Å²) in [6.07, 6.45) is 0.990. The molecule has 3 N–H and O–H groups in total. The molecule has 1 heterocycles. The predicted octanol–water partition coefficient (Wildman–Crippen LogP) is 3.60. The summed E-state index contributed by atoms with van der Waals surface area (Å²) in [5.41, 5.74) is -0.0884. The van der Waals surface area contributed by atoms with Crippen molar-refractivity contribution in [3.05, 3.63) is 16.7 Å². The fourth-order valence-electron chi connectivity index (χ4n) is 3.08. The molecule has 1 aliphatic heterocycles. The molecule has 0 aromatic heterocycles. The molecule has 1 atom stereocenters. The minimum atomic E-state index is -1.13. The van der Waals surface area contributed by atoms with Crippen molar-refractivity contribution >= 4 is 5.78 Å². The quantitative estimate of drug-likeness (QED) is 0.682. The maximum atomic E-state index is 12.7. The summed E-state index contributed by atoms with van der Waals surface area (Å²) in [4.78, 5) is 12.7. The number of hydrogen-bond acceptors (Lipinski definition) is 5. The summed E-state index contributed by atoms with van der Waals surface area (Å²) in [5, 5.41) is 31.7. The number of rotatable bonds is 6. The van der Waals surface area contributed by atoms with Crippen LogP contribution in [0.4, 0.5) is 0 Å². The SMILES string of the molecule is CC(C)CCc1c(O)c2c(c(C(=O)C(C)C)c1O)OC(C(C)(C)O)C2. The number of carbonyl (C=O) groups excluding carboxylic acids is 1. The molecule has 0 saturated heterocycles. The standard InChI is InChI=1S/C20H30O5/c1-10(2)7-8-12-17(22)13-9-14(20(5,6)24)25-19(13)15(18(12)23)16(21)11(3)4/h10-11,14,22-24H,7-9H2,1-6H3. The summed E-state index contributed by atoms with van der Waals surface area (Å²) in [5.74, 6) is -0.128. The fourth-order valence-corrected chi connectivity index (χ4v) is 3.08. The fraction of sp³-hybridized carbons (Fsp3) is 0.650. The van der Waals surface area contributed by atoms with Gasteiger partial charge < -0.3 is 20.1 Å². The lowest BCUT2D eigenvalue weighted by Crippen LogP contribution is -2.39. The van der Waals surface area contributed by atoms with Crippen molar-refractivity contribution in [2.45, 2.75) is 72.5 Å². The Morgan fingerprint density at radius 1 is 1.20 bits per heavy atom. The van der Waals surface area contributed by atoms with Crippen LogP contribution in [-0.4, -0.2) is 32.8 Å². The van der Waals surface area contributed by atoms with Crippen LogP contribution in [0.15, 0.2) is 0 Å². The van der Waals surface area contributed by atoms with Crippen molar-refractivity contribution in [3.63, 3.8) is 0 Å². The smallest absolute Gasteiger partial charge is 0.172 e. The molecular formula is C20H30O5. The van der Waals surface area contributed by atoms with Gasteiger partial charge in [0.2, 0.25) is 0 Å². The highest BCUT2D eigenvalue weighted by Gasteiger charge is 2.41. The van der Waals surface area contributed by atoms with Crippen LogP contribution < -0.4 is 4.74 Å². The van der Waals surface area contributed by atoms with Gasteiger partial charge in [-0.25, -0.2) is 0 Å². The molecule has 5 nitrogen and oxygen atoms in total. The average Bonchev–Trinajstić information content (AvgIpc) is 2.91. The van der Waals surface area contributed by atoms with E-state index in [1.165, 1.54) is 0 Å². The summed E-state index contributed by atoms with van der Waals surface area (Å²) < 4.78 is 5.83. The Bertz CT molecular complexity index is 668. The number of aliphatic hydroxyl groups is 1. The van der Waals surface area contributed by atoms with Crippen molar-refractivity contribution < 1.29 is 24.9 Å². The Morgan fingerprint density at radius 2 is 1.80 bits per heavy atom. The summed E-state index contributed by atoms with van der Waals surface area (Å²) in [6, 6.07) is 0. The first-order valence-corrected chi connectivity index (χ1v) is 8.98. The number of aromatic hydroxyl groups is 2. The Hall–Kier alpha value is -1.75. The van der Waals surface area contributed by atoms with Crippen LogP contribution in [0.2, 0.25) is 0 Å². The van der Waals surface area contributed by atoms with Crippen molar-refractivity contribution in [3.8, 4) is 17.2 Å². The first-order valence-electron chi connectivity index (χ1n) is 8.98. The second-order valence-electron chi connectivity index (χ2n) is 8.27. The maximum absolute atomic E-state index is 12.7. The lowest BCUT2D eigenvalue weighted by molar-refractivity contribution is -0.0232. The van der Waals surface area contributed by atoms with Gasteiger partial charge >= 0.3 is 0 Å². The van der Waals surface area contributed by atoms with Gasteiger partial charge in [-0.05, 0) is 32.6 Å². The highest BCUT2D eigenvalue weighted by atomic mass is 16.5. The summed E-state index contributed by atoms with van der Waals surface area (Å²) >= 11 is 0. The Labute approximate surface area is 149 Å². The van der Waals surface area contributed by atoms with Gasteiger partial charge in [0, 0.05) is 23.5 Å². The van der Waals surface area contributed by atoms with Gasteiger partial charge in [-0.1, -0.05) is 27.7 Å². The number of phenols is 2. The Balaban J connectivity index is 2.61. The van der Waals surface area contributed by atoms with Crippen molar-refractivity contribution in [2.75, 3.05) is 0 Å². The third-order valence-corrected chi connectivity index (χ3v) is 4.78. The van der Waals surface area contributed by atoms with Crippen LogP contribution in [0, 0.1) is 11.8 Å². The van der Waals surface area contributed by atoms with E-state index in [1.54, 1.807) is 27.7 Å². The first kappa shape index (κ1) is 19.6. The number of ether oxygens (including phenoxy) is 1. The molecule has 0 amide bonds. The molecular weight excluding hydrogens is 320 g/mol. The normalized spacial score (nSPS) is 17.1. The molecule has 0 spiro atoms.